The maximum Gasteiger partial charge on any atom is 0.490 e. The van der Waals surface area contributed by atoms with Crippen molar-refractivity contribution in [2.45, 2.75) is 22.9 Å². The number of halogens is 6. The lowest BCUT2D eigenvalue weighted by Gasteiger charge is -2.15. The number of aliphatic carboxylic acids is 1. The lowest BCUT2D eigenvalue weighted by molar-refractivity contribution is -0.192. The number of carbonyl (C=O) groups excluding carboxylic acids is 1. The molecule has 33 heavy (non-hydrogen) atoms. The Hall–Kier alpha value is -3.70. The molecular formula is C15H12F6N6O5S. The summed E-state index contributed by atoms with van der Waals surface area (Å²) in [5.41, 5.74) is 2.34. The minimum Gasteiger partial charge on any atom is -0.475 e. The summed E-state index contributed by atoms with van der Waals surface area (Å²) in [4.78, 5) is 20.5. The number of anilines is 1. The molecule has 180 valence electrons. The van der Waals surface area contributed by atoms with E-state index in [1.807, 2.05) is 0 Å². The van der Waals surface area contributed by atoms with Crippen LogP contribution in [0.2, 0.25) is 0 Å². The number of nitrogens with two attached hydrogens (primary N) is 1. The van der Waals surface area contributed by atoms with Crippen LogP contribution in [0.3, 0.4) is 0 Å². The summed E-state index contributed by atoms with van der Waals surface area (Å²) in [6.45, 7) is 0. The predicted molar refractivity (Wildman–Crippen MR) is 95.0 cm³/mol. The number of nitrogens with zero attached hydrogens (tertiary/aromatic N) is 4. The Bertz CT molecular complexity index is 1200. The van der Waals surface area contributed by atoms with E-state index in [-0.39, 0.29) is 17.1 Å². The highest BCUT2D eigenvalue weighted by Gasteiger charge is 2.65. The van der Waals surface area contributed by atoms with Gasteiger partial charge >= 0.3 is 24.0 Å². The summed E-state index contributed by atoms with van der Waals surface area (Å²) in [5, 5.41) is 16.9. The zero-order valence-electron chi connectivity index (χ0n) is 16.0. The molecule has 0 fully saturated rings. The second kappa shape index (κ2) is 8.34. The molecule has 0 atom stereocenters. The van der Waals surface area contributed by atoms with Gasteiger partial charge in [0.15, 0.2) is 0 Å². The average Bonchev–Trinajstić information content (AvgIpc) is 3.41. The van der Waals surface area contributed by atoms with Gasteiger partial charge in [0.2, 0.25) is 0 Å². The van der Waals surface area contributed by atoms with Gasteiger partial charge in [0.1, 0.15) is 11.5 Å². The summed E-state index contributed by atoms with van der Waals surface area (Å²) in [7, 11) is -2.92. The molecule has 11 nitrogen and oxygen atoms in total. The van der Waals surface area contributed by atoms with Crippen LogP contribution in [-0.4, -0.2) is 47.5 Å². The third-order valence-electron chi connectivity index (χ3n) is 3.86. The number of amides is 1. The first-order chi connectivity index (χ1) is 14.9. The topological polar surface area (TPSA) is 169 Å². The molecular weight excluding hydrogens is 490 g/mol. The highest BCUT2D eigenvalue weighted by molar-refractivity contribution is 7.90. The quantitative estimate of drug-likeness (QED) is 0.537. The zero-order chi connectivity index (χ0) is 25.4. The molecule has 1 amide bonds. The van der Waals surface area contributed by atoms with Crippen LogP contribution in [0.1, 0.15) is 16.1 Å². The van der Waals surface area contributed by atoms with Crippen LogP contribution in [0, 0.1) is 0 Å². The summed E-state index contributed by atoms with van der Waals surface area (Å²) >= 11 is 0. The van der Waals surface area contributed by atoms with Crippen molar-refractivity contribution in [3.8, 4) is 0 Å². The standard InChI is InChI=1S/C13H11F3N6O3S.C2HF3O2/c1-22-9(6-10(17)18-22)11(23)19-26(24,25)8-4-2-7(3-5-8)12(20-21-12)13(14,15)16;3-2(4,5)1(6)7/h2-6H,1H3,(H2,17,18)(H,19,23);(H,6,7). The molecule has 0 spiro atoms. The molecule has 18 heteroatoms. The Labute approximate surface area is 179 Å². The van der Waals surface area contributed by atoms with Crippen LogP contribution < -0.4 is 10.5 Å². The van der Waals surface area contributed by atoms with Crippen molar-refractivity contribution in [2.24, 2.45) is 17.3 Å². The number of aryl methyl sites for hydroxylation is 1. The Kier molecular flexibility index (Phi) is 6.46. The number of carbonyl (C=O) groups is 2. The molecule has 0 unspecified atom stereocenters. The van der Waals surface area contributed by atoms with Gasteiger partial charge in [0.25, 0.3) is 15.9 Å². The van der Waals surface area contributed by atoms with Gasteiger partial charge in [-0.2, -0.15) is 31.4 Å². The summed E-state index contributed by atoms with van der Waals surface area (Å²) < 4.78 is 97.9. The van der Waals surface area contributed by atoms with Gasteiger partial charge in [-0.05, 0) is 12.1 Å². The third-order valence-corrected chi connectivity index (χ3v) is 5.21. The van der Waals surface area contributed by atoms with E-state index >= 15 is 0 Å². The van der Waals surface area contributed by atoms with E-state index < -0.39 is 44.8 Å². The van der Waals surface area contributed by atoms with Gasteiger partial charge in [-0.15, -0.1) is 10.2 Å². The SMILES string of the molecule is Cn1nc(N)cc1C(=O)NS(=O)(=O)c1ccc(C2(C(F)(F)F)N=N2)cc1.O=C(O)C(F)(F)F. The monoisotopic (exact) mass is 502 g/mol. The Morgan fingerprint density at radius 3 is 1.91 bits per heavy atom. The van der Waals surface area contributed by atoms with E-state index in [1.54, 1.807) is 4.72 Å². The second-order valence-electron chi connectivity index (χ2n) is 6.21. The molecule has 0 saturated heterocycles. The highest BCUT2D eigenvalue weighted by atomic mass is 32.2. The maximum absolute atomic E-state index is 12.9. The van der Waals surface area contributed by atoms with Crippen molar-refractivity contribution >= 4 is 27.7 Å². The Balaban J connectivity index is 0.000000479. The van der Waals surface area contributed by atoms with Crippen LogP contribution in [0.25, 0.3) is 0 Å². The van der Waals surface area contributed by atoms with Gasteiger partial charge in [-0.1, -0.05) is 12.1 Å². The minimum atomic E-state index is -5.08. The number of hydrogen-bond acceptors (Lipinski definition) is 8. The van der Waals surface area contributed by atoms with Crippen molar-refractivity contribution in [1.29, 1.82) is 0 Å². The van der Waals surface area contributed by atoms with E-state index in [0.29, 0.717) is 0 Å². The molecule has 2 aromatic rings. The molecule has 0 radical (unpaired) electrons. The first-order valence-corrected chi connectivity index (χ1v) is 9.67. The molecule has 1 aromatic heterocycles. The van der Waals surface area contributed by atoms with Crippen molar-refractivity contribution < 1.29 is 49.5 Å². The minimum absolute atomic E-state index is 0.0220. The number of hydrogen-bond donors (Lipinski definition) is 3. The Morgan fingerprint density at radius 2 is 1.58 bits per heavy atom. The molecule has 2 heterocycles. The second-order valence-corrected chi connectivity index (χ2v) is 7.89. The van der Waals surface area contributed by atoms with Crippen molar-refractivity contribution in [3.63, 3.8) is 0 Å². The van der Waals surface area contributed by atoms with Gasteiger partial charge < -0.3 is 10.8 Å². The zero-order valence-corrected chi connectivity index (χ0v) is 16.8. The van der Waals surface area contributed by atoms with Crippen LogP contribution in [0.4, 0.5) is 32.2 Å². The highest BCUT2D eigenvalue weighted by Crippen LogP contribution is 2.52. The molecule has 0 saturated carbocycles. The van der Waals surface area contributed by atoms with Gasteiger partial charge in [0.05, 0.1) is 4.90 Å². The predicted octanol–water partition coefficient (Wildman–Crippen LogP) is 1.94. The van der Waals surface area contributed by atoms with Gasteiger partial charge in [-0.25, -0.2) is 17.9 Å². The Morgan fingerprint density at radius 1 is 1.09 bits per heavy atom. The molecule has 3 rings (SSSR count). The number of nitrogens with one attached hydrogen (secondary N) is 1. The van der Waals surface area contributed by atoms with E-state index in [1.165, 1.54) is 13.1 Å². The first kappa shape index (κ1) is 25.6. The van der Waals surface area contributed by atoms with Crippen molar-refractivity contribution in [1.82, 2.24) is 14.5 Å². The molecule has 0 bridgehead atoms. The average molecular weight is 502 g/mol. The van der Waals surface area contributed by atoms with Crippen molar-refractivity contribution in [3.05, 3.63) is 41.6 Å². The number of sulfonamides is 1. The van der Waals surface area contributed by atoms with E-state index in [4.69, 9.17) is 15.6 Å². The fraction of sp³-hybridized carbons (Fsp3) is 0.267. The van der Waals surface area contributed by atoms with E-state index in [0.717, 1.165) is 28.9 Å². The maximum atomic E-state index is 12.9. The normalized spacial score (nSPS) is 14.8. The summed E-state index contributed by atoms with van der Waals surface area (Å²) in [5.74, 6) is -3.72. The number of nitrogen functional groups attached to an aromatic ring is 1. The number of alkyl halides is 6. The van der Waals surface area contributed by atoms with Crippen LogP contribution >= 0.6 is 0 Å². The number of carboxylic acids is 1. The number of aromatic nitrogens is 2. The number of carboxylic acid groups (broad SMARTS) is 1. The van der Waals surface area contributed by atoms with Gasteiger partial charge in [0, 0.05) is 18.7 Å². The lowest BCUT2D eigenvalue weighted by Crippen LogP contribution is -2.32. The molecule has 1 aliphatic heterocycles. The molecule has 4 N–H and O–H groups in total. The van der Waals surface area contributed by atoms with Crippen LogP contribution in [0.5, 0.6) is 0 Å². The molecule has 1 aromatic carbocycles. The van der Waals surface area contributed by atoms with Crippen LogP contribution in [0.15, 0.2) is 45.5 Å². The van der Waals surface area contributed by atoms with E-state index in [2.05, 4.69) is 15.3 Å². The number of benzene rings is 1. The fourth-order valence-corrected chi connectivity index (χ4v) is 3.21. The molecule has 1 aliphatic rings. The van der Waals surface area contributed by atoms with E-state index in [9.17, 15) is 39.6 Å². The number of rotatable bonds is 4. The largest absolute Gasteiger partial charge is 0.490 e. The summed E-state index contributed by atoms with van der Waals surface area (Å²) in [6, 6.07) is 4.92. The third kappa shape index (κ3) is 5.57. The smallest absolute Gasteiger partial charge is 0.475 e. The summed E-state index contributed by atoms with van der Waals surface area (Å²) in [6.07, 6.45) is -9.80. The van der Waals surface area contributed by atoms with Crippen LogP contribution in [-0.2, 0) is 27.5 Å². The molecule has 0 aliphatic carbocycles. The fourth-order valence-electron chi connectivity index (χ4n) is 2.24. The lowest BCUT2D eigenvalue weighted by atomic mass is 10.0. The van der Waals surface area contributed by atoms with Crippen molar-refractivity contribution in [2.75, 3.05) is 5.73 Å². The first-order valence-electron chi connectivity index (χ1n) is 8.19. The van der Waals surface area contributed by atoms with Gasteiger partial charge in [-0.3, -0.25) is 9.48 Å².